The van der Waals surface area contributed by atoms with Gasteiger partial charge in [-0.3, -0.25) is 24.2 Å². The Kier molecular flexibility index (Phi) is 7.44. The molecule has 0 aromatic carbocycles. The number of carbonyl (C=O) groups is 4. The van der Waals surface area contributed by atoms with E-state index in [0.29, 0.717) is 37.6 Å². The minimum absolute atomic E-state index is 0.0673. The summed E-state index contributed by atoms with van der Waals surface area (Å²) in [5.74, 6) is -1.40. The van der Waals surface area contributed by atoms with Gasteiger partial charge < -0.3 is 30.3 Å². The smallest absolute Gasteiger partial charge is 0.265 e. The summed E-state index contributed by atoms with van der Waals surface area (Å²) in [5, 5.41) is 18.2. The van der Waals surface area contributed by atoms with E-state index < -0.39 is 36.0 Å². The number of piperidine rings is 1. The summed E-state index contributed by atoms with van der Waals surface area (Å²) in [7, 11) is 0. The van der Waals surface area contributed by atoms with Crippen LogP contribution in [-0.4, -0.2) is 77.5 Å². The Morgan fingerprint density at radius 1 is 1.27 bits per heavy atom. The lowest BCUT2D eigenvalue weighted by Gasteiger charge is -2.35. The van der Waals surface area contributed by atoms with E-state index in [1.807, 2.05) is 13.8 Å². The number of rotatable bonds is 8. The van der Waals surface area contributed by atoms with Gasteiger partial charge in [-0.2, -0.15) is 5.26 Å². The summed E-state index contributed by atoms with van der Waals surface area (Å²) >= 11 is 0. The average Bonchev–Trinajstić information content (AvgIpc) is 3.37. The zero-order chi connectivity index (χ0) is 28.8. The number of pyridine rings is 1. The molecule has 7 atom stereocenters. The third-order valence-corrected chi connectivity index (χ3v) is 8.81. The lowest BCUT2D eigenvalue weighted by Crippen LogP contribution is -2.58. The third-order valence-electron chi connectivity index (χ3n) is 8.81. The van der Waals surface area contributed by atoms with E-state index in [9.17, 15) is 24.4 Å². The molecule has 4 aliphatic rings. The fourth-order valence-electron chi connectivity index (χ4n) is 6.29. The van der Waals surface area contributed by atoms with Gasteiger partial charge in [0.25, 0.3) is 5.91 Å². The van der Waals surface area contributed by atoms with Gasteiger partial charge >= 0.3 is 0 Å². The van der Waals surface area contributed by atoms with Crippen LogP contribution in [0.3, 0.4) is 0 Å². The van der Waals surface area contributed by atoms with Crippen LogP contribution in [0.1, 0.15) is 40.5 Å². The topological polar surface area (TPSA) is 163 Å². The van der Waals surface area contributed by atoms with Gasteiger partial charge in [0.15, 0.2) is 6.10 Å². The molecule has 0 spiro atoms. The number of carbonyl (C=O) groups excluding carboxylic acids is 4. The van der Waals surface area contributed by atoms with E-state index in [0.717, 1.165) is 0 Å². The molecular formula is C28H36N6O6. The van der Waals surface area contributed by atoms with Crippen LogP contribution < -0.4 is 20.7 Å². The van der Waals surface area contributed by atoms with E-state index >= 15 is 0 Å². The highest BCUT2D eigenvalue weighted by Crippen LogP contribution is 2.65. The predicted molar refractivity (Wildman–Crippen MR) is 141 cm³/mol. The molecule has 4 amide bonds. The van der Waals surface area contributed by atoms with Crippen molar-refractivity contribution in [3.8, 4) is 11.8 Å². The van der Waals surface area contributed by atoms with E-state index in [-0.39, 0.29) is 47.3 Å². The first-order valence-electron chi connectivity index (χ1n) is 13.8. The zero-order valence-corrected chi connectivity index (χ0v) is 23.2. The van der Waals surface area contributed by atoms with Gasteiger partial charge in [-0.1, -0.05) is 27.7 Å². The molecule has 5 rings (SSSR count). The van der Waals surface area contributed by atoms with E-state index in [1.54, 1.807) is 11.0 Å². The summed E-state index contributed by atoms with van der Waals surface area (Å²) in [4.78, 5) is 58.4. The second-order valence-corrected chi connectivity index (χ2v) is 12.1. The van der Waals surface area contributed by atoms with Crippen molar-refractivity contribution >= 4 is 29.3 Å². The Morgan fingerprint density at radius 2 is 2.05 bits per heavy atom. The highest BCUT2D eigenvalue weighted by molar-refractivity contribution is 5.98. The van der Waals surface area contributed by atoms with Crippen molar-refractivity contribution < 1.29 is 28.7 Å². The molecule has 3 aliphatic heterocycles. The first-order chi connectivity index (χ1) is 19.0. The van der Waals surface area contributed by atoms with Gasteiger partial charge in [0.2, 0.25) is 17.7 Å². The second kappa shape index (κ2) is 10.7. The molecule has 2 saturated heterocycles. The minimum atomic E-state index is -1.02. The van der Waals surface area contributed by atoms with Crippen LogP contribution in [0.4, 0.5) is 5.69 Å². The molecule has 1 saturated carbocycles. The highest BCUT2D eigenvalue weighted by atomic mass is 16.5. The van der Waals surface area contributed by atoms with Crippen LogP contribution in [-0.2, 0) is 23.9 Å². The third kappa shape index (κ3) is 5.10. The lowest BCUT2D eigenvalue weighted by atomic mass is 9.96. The van der Waals surface area contributed by atoms with Crippen LogP contribution in [0.25, 0.3) is 0 Å². The maximum absolute atomic E-state index is 13.8. The minimum Gasteiger partial charge on any atom is -0.478 e. The molecule has 1 aromatic rings. The summed E-state index contributed by atoms with van der Waals surface area (Å²) in [6, 6.07) is 1.08. The molecule has 1 aliphatic carbocycles. The Bertz CT molecular complexity index is 1240. The molecule has 3 fully saturated rings. The molecule has 214 valence electrons. The Morgan fingerprint density at radius 3 is 2.73 bits per heavy atom. The summed E-state index contributed by atoms with van der Waals surface area (Å²) in [6.45, 7) is 9.11. The fraction of sp³-hybridized carbons (Fsp3) is 0.643. The number of ether oxygens (including phenoxy) is 2. The molecule has 3 unspecified atom stereocenters. The Hall–Kier alpha value is -3.72. The summed E-state index contributed by atoms with van der Waals surface area (Å²) < 4.78 is 11.1. The lowest BCUT2D eigenvalue weighted by molar-refractivity contribution is -0.144. The first kappa shape index (κ1) is 27.8. The van der Waals surface area contributed by atoms with E-state index in [1.165, 1.54) is 12.4 Å². The maximum atomic E-state index is 13.8. The van der Waals surface area contributed by atoms with Crippen LogP contribution in [0, 0.1) is 40.4 Å². The number of aromatic nitrogens is 1. The largest absolute Gasteiger partial charge is 0.478 e. The van der Waals surface area contributed by atoms with Crippen molar-refractivity contribution in [3.05, 3.63) is 18.5 Å². The molecule has 4 heterocycles. The number of hydrogen-bond donors (Lipinski definition) is 3. The van der Waals surface area contributed by atoms with Gasteiger partial charge in [0.1, 0.15) is 29.6 Å². The number of amides is 4. The van der Waals surface area contributed by atoms with Crippen LogP contribution in [0.2, 0.25) is 0 Å². The first-order valence-corrected chi connectivity index (χ1v) is 13.8. The SMILES string of the molecule is CC(C)C(NC(=O)C1CCOC1)C(=O)N1C[C@H]2[C@@H]([C@H]1C(=O)NC(C#N)C[C@@H]1Oc3ccncc3NC1=O)C2(C)C. The van der Waals surface area contributed by atoms with E-state index in [4.69, 9.17) is 9.47 Å². The average molecular weight is 553 g/mol. The standard InChI is InChI=1S/C28H36N6O6/c1-14(2)22(33-24(35)15-6-8-39-13-15)27(38)34-12-17-21(28(17,3)4)23(34)26(37)31-16(10-29)9-20-25(36)32-18-11-30-7-5-19(18)40-20/h5,7,11,14-17,20-23H,6,8-9,12-13H2,1-4H3,(H,31,37)(H,32,36)(H,33,35)/t15?,16?,17-,20-,21-,22?,23-/m0/s1. The van der Waals surface area contributed by atoms with Gasteiger partial charge in [-0.15, -0.1) is 0 Å². The summed E-state index contributed by atoms with van der Waals surface area (Å²) in [6.07, 6.45) is 2.57. The number of nitriles is 1. The van der Waals surface area contributed by atoms with Crippen LogP contribution in [0.5, 0.6) is 5.75 Å². The molecule has 12 nitrogen and oxygen atoms in total. The van der Waals surface area contributed by atoms with Gasteiger partial charge in [-0.05, 0) is 29.6 Å². The Labute approximate surface area is 233 Å². The zero-order valence-electron chi connectivity index (χ0n) is 23.2. The highest BCUT2D eigenvalue weighted by Gasteiger charge is 2.69. The number of likely N-dealkylation sites (tertiary alicyclic amines) is 1. The van der Waals surface area contributed by atoms with Crippen molar-refractivity contribution in [1.29, 1.82) is 5.26 Å². The predicted octanol–water partition coefficient (Wildman–Crippen LogP) is 0.840. The number of anilines is 1. The molecule has 12 heteroatoms. The van der Waals surface area contributed by atoms with Crippen molar-refractivity contribution in [2.24, 2.45) is 29.1 Å². The van der Waals surface area contributed by atoms with Crippen molar-refractivity contribution in [2.75, 3.05) is 25.1 Å². The van der Waals surface area contributed by atoms with Crippen molar-refractivity contribution in [3.63, 3.8) is 0 Å². The monoisotopic (exact) mass is 552 g/mol. The number of nitrogens with one attached hydrogen (secondary N) is 3. The molecule has 40 heavy (non-hydrogen) atoms. The fourth-order valence-corrected chi connectivity index (χ4v) is 6.29. The van der Waals surface area contributed by atoms with Crippen molar-refractivity contribution in [1.82, 2.24) is 20.5 Å². The number of hydrogen-bond acceptors (Lipinski definition) is 8. The second-order valence-electron chi connectivity index (χ2n) is 12.1. The van der Waals surface area contributed by atoms with Gasteiger partial charge in [-0.25, -0.2) is 0 Å². The van der Waals surface area contributed by atoms with Gasteiger partial charge in [0, 0.05) is 31.8 Å². The number of fused-ring (bicyclic) bond motifs is 2. The van der Waals surface area contributed by atoms with Crippen LogP contribution >= 0.6 is 0 Å². The van der Waals surface area contributed by atoms with Gasteiger partial charge in [0.05, 0.1) is 24.8 Å². The summed E-state index contributed by atoms with van der Waals surface area (Å²) in [5.41, 5.74) is 0.304. The molecule has 1 aromatic heterocycles. The number of nitrogens with zero attached hydrogens (tertiary/aromatic N) is 3. The molecule has 3 N–H and O–H groups in total. The quantitative estimate of drug-likeness (QED) is 0.427. The molecule has 0 radical (unpaired) electrons. The van der Waals surface area contributed by atoms with Crippen molar-refractivity contribution in [2.45, 2.75) is 64.8 Å². The normalized spacial score (nSPS) is 29.2. The van der Waals surface area contributed by atoms with E-state index in [2.05, 4.69) is 40.9 Å². The van der Waals surface area contributed by atoms with Crippen LogP contribution in [0.15, 0.2) is 18.5 Å². The Balaban J connectivity index is 1.28. The maximum Gasteiger partial charge on any atom is 0.265 e. The molecule has 0 bridgehead atoms. The molecular weight excluding hydrogens is 516 g/mol.